The zero-order valence-corrected chi connectivity index (χ0v) is 15.6. The van der Waals surface area contributed by atoms with E-state index in [0.717, 1.165) is 59.8 Å². The van der Waals surface area contributed by atoms with E-state index in [-0.39, 0.29) is 0 Å². The minimum absolute atomic E-state index is 0.530. The first kappa shape index (κ1) is 17.2. The zero-order chi connectivity index (χ0) is 18.8. The largest absolute Gasteiger partial charge is 0.496 e. The van der Waals surface area contributed by atoms with Gasteiger partial charge >= 0.3 is 0 Å². The second-order valence-electron chi connectivity index (χ2n) is 6.28. The van der Waals surface area contributed by atoms with Gasteiger partial charge in [0.15, 0.2) is 5.82 Å². The first-order chi connectivity index (χ1) is 13.2. The molecule has 1 aliphatic heterocycles. The summed E-state index contributed by atoms with van der Waals surface area (Å²) in [6.07, 6.45) is 0. The molecule has 0 radical (unpaired) electrons. The molecule has 3 heterocycles. The molecule has 0 fully saturated rings. The quantitative estimate of drug-likeness (QED) is 0.630. The van der Waals surface area contributed by atoms with Crippen molar-refractivity contribution in [3.63, 3.8) is 0 Å². The summed E-state index contributed by atoms with van der Waals surface area (Å²) in [6, 6.07) is 7.72. The highest BCUT2D eigenvalue weighted by Gasteiger charge is 2.20. The number of benzene rings is 1. The van der Waals surface area contributed by atoms with Crippen LogP contribution in [0.15, 0.2) is 24.3 Å². The molecular weight excluding hydrogens is 344 g/mol. The van der Waals surface area contributed by atoms with E-state index in [0.29, 0.717) is 5.95 Å². The van der Waals surface area contributed by atoms with Gasteiger partial charge in [0.25, 0.3) is 0 Å². The topological polar surface area (TPSA) is 102 Å². The Hall–Kier alpha value is -3.20. The first-order valence-electron chi connectivity index (χ1n) is 8.79. The van der Waals surface area contributed by atoms with Crippen molar-refractivity contribution in [2.24, 2.45) is 0 Å². The number of ether oxygens (including phenoxy) is 1. The number of fused-ring (bicyclic) bond motifs is 1. The lowest BCUT2D eigenvalue weighted by molar-refractivity contribution is 0.415. The second kappa shape index (κ2) is 7.20. The molecule has 0 aliphatic carbocycles. The van der Waals surface area contributed by atoms with Gasteiger partial charge < -0.3 is 25.3 Å². The number of nitrogens with zero attached hydrogens (tertiary/aromatic N) is 5. The van der Waals surface area contributed by atoms with Crippen molar-refractivity contribution in [3.05, 3.63) is 35.8 Å². The Morgan fingerprint density at radius 3 is 2.89 bits per heavy atom. The predicted molar refractivity (Wildman–Crippen MR) is 103 cm³/mol. The summed E-state index contributed by atoms with van der Waals surface area (Å²) in [5.74, 6) is 3.77. The molecule has 0 saturated heterocycles. The highest BCUT2D eigenvalue weighted by atomic mass is 16.5. The van der Waals surface area contributed by atoms with E-state index in [1.165, 1.54) is 0 Å². The fourth-order valence-electron chi connectivity index (χ4n) is 3.13. The lowest BCUT2D eigenvalue weighted by Gasteiger charge is -2.17. The molecule has 1 aliphatic rings. The van der Waals surface area contributed by atoms with E-state index >= 15 is 0 Å². The Kier molecular flexibility index (Phi) is 4.59. The number of aryl methyl sites for hydroxylation is 1. The maximum atomic E-state index is 5.56. The average Bonchev–Trinajstić information content (AvgIpc) is 3.11. The van der Waals surface area contributed by atoms with Gasteiger partial charge in [0.05, 0.1) is 19.2 Å². The standard InChI is InChI=1S/C18H22N8O/c1-11-8-15(19-2)23-18(21-11)22-12-4-5-14(27-3)13(9-12)17-25-24-16-10-20-6-7-26(16)17/h4-5,8-9,20H,6-7,10H2,1-3H3,(H2,19,21,22,23). The van der Waals surface area contributed by atoms with E-state index in [2.05, 4.69) is 40.7 Å². The van der Waals surface area contributed by atoms with Crippen LogP contribution in [0.5, 0.6) is 5.75 Å². The van der Waals surface area contributed by atoms with Crippen molar-refractivity contribution in [1.82, 2.24) is 30.0 Å². The van der Waals surface area contributed by atoms with Gasteiger partial charge in [-0.15, -0.1) is 10.2 Å². The number of nitrogens with one attached hydrogen (secondary N) is 3. The lowest BCUT2D eigenvalue weighted by atomic mass is 10.1. The minimum Gasteiger partial charge on any atom is -0.496 e. The third kappa shape index (κ3) is 3.41. The van der Waals surface area contributed by atoms with E-state index in [1.54, 1.807) is 7.11 Å². The second-order valence-corrected chi connectivity index (χ2v) is 6.28. The van der Waals surface area contributed by atoms with Gasteiger partial charge in [-0.2, -0.15) is 4.98 Å². The molecule has 2 aromatic heterocycles. The van der Waals surface area contributed by atoms with Gasteiger partial charge in [-0.3, -0.25) is 0 Å². The van der Waals surface area contributed by atoms with E-state index in [1.807, 2.05) is 38.2 Å². The first-order valence-corrected chi connectivity index (χ1v) is 8.79. The highest BCUT2D eigenvalue weighted by Crippen LogP contribution is 2.33. The Balaban J connectivity index is 1.71. The van der Waals surface area contributed by atoms with Crippen molar-refractivity contribution >= 4 is 17.5 Å². The molecule has 0 atom stereocenters. The minimum atomic E-state index is 0.530. The molecule has 4 rings (SSSR count). The van der Waals surface area contributed by atoms with Crippen LogP contribution < -0.4 is 20.7 Å². The molecule has 3 aromatic rings. The molecule has 0 amide bonds. The SMILES string of the molecule is CNc1cc(C)nc(Nc2ccc(OC)c(-c3nnc4n3CCNC4)c2)n1. The summed E-state index contributed by atoms with van der Waals surface area (Å²) >= 11 is 0. The Labute approximate surface area is 157 Å². The number of aromatic nitrogens is 5. The third-order valence-corrected chi connectivity index (χ3v) is 4.43. The van der Waals surface area contributed by atoms with Gasteiger partial charge in [-0.25, -0.2) is 4.98 Å². The average molecular weight is 366 g/mol. The molecule has 3 N–H and O–H groups in total. The molecule has 0 saturated carbocycles. The molecule has 27 heavy (non-hydrogen) atoms. The van der Waals surface area contributed by atoms with Crippen LogP contribution in [0, 0.1) is 6.92 Å². The van der Waals surface area contributed by atoms with Crippen LogP contribution in [0.3, 0.4) is 0 Å². The van der Waals surface area contributed by atoms with Crippen molar-refractivity contribution in [2.45, 2.75) is 20.0 Å². The fourth-order valence-corrected chi connectivity index (χ4v) is 3.13. The van der Waals surface area contributed by atoms with Gasteiger partial charge in [0.2, 0.25) is 5.95 Å². The summed E-state index contributed by atoms with van der Waals surface area (Å²) in [5.41, 5.74) is 2.61. The molecule has 9 nitrogen and oxygen atoms in total. The van der Waals surface area contributed by atoms with Gasteiger partial charge in [0, 0.05) is 37.6 Å². The summed E-state index contributed by atoms with van der Waals surface area (Å²) in [7, 11) is 3.49. The molecule has 9 heteroatoms. The van der Waals surface area contributed by atoms with E-state index in [9.17, 15) is 0 Å². The van der Waals surface area contributed by atoms with Crippen LogP contribution in [0.2, 0.25) is 0 Å². The smallest absolute Gasteiger partial charge is 0.229 e. The lowest BCUT2D eigenvalue weighted by Crippen LogP contribution is -2.28. The van der Waals surface area contributed by atoms with E-state index < -0.39 is 0 Å². The van der Waals surface area contributed by atoms with Crippen LogP contribution in [0.25, 0.3) is 11.4 Å². The van der Waals surface area contributed by atoms with Crippen LogP contribution >= 0.6 is 0 Å². The Morgan fingerprint density at radius 1 is 1.19 bits per heavy atom. The maximum absolute atomic E-state index is 5.56. The molecule has 0 spiro atoms. The fraction of sp³-hybridized carbons (Fsp3) is 0.333. The summed E-state index contributed by atoms with van der Waals surface area (Å²) in [6.45, 7) is 4.37. The van der Waals surface area contributed by atoms with Crippen molar-refractivity contribution in [1.29, 1.82) is 0 Å². The molecule has 0 unspecified atom stereocenters. The molecule has 140 valence electrons. The van der Waals surface area contributed by atoms with Crippen LogP contribution in [0.1, 0.15) is 11.5 Å². The normalized spacial score (nSPS) is 13.1. The maximum Gasteiger partial charge on any atom is 0.229 e. The highest BCUT2D eigenvalue weighted by molar-refractivity contribution is 5.72. The summed E-state index contributed by atoms with van der Waals surface area (Å²) < 4.78 is 7.68. The Morgan fingerprint density at radius 2 is 2.07 bits per heavy atom. The third-order valence-electron chi connectivity index (χ3n) is 4.43. The number of methoxy groups -OCH3 is 1. The van der Waals surface area contributed by atoms with Crippen LogP contribution in [0.4, 0.5) is 17.5 Å². The Bertz CT molecular complexity index is 968. The molecular formula is C18H22N8O. The van der Waals surface area contributed by atoms with Gasteiger partial charge in [-0.1, -0.05) is 0 Å². The summed E-state index contributed by atoms with van der Waals surface area (Å²) in [4.78, 5) is 8.89. The van der Waals surface area contributed by atoms with Gasteiger partial charge in [0.1, 0.15) is 17.4 Å². The van der Waals surface area contributed by atoms with Crippen molar-refractivity contribution in [2.75, 3.05) is 31.3 Å². The van der Waals surface area contributed by atoms with Crippen molar-refractivity contribution in [3.8, 4) is 17.1 Å². The molecule has 1 aromatic carbocycles. The zero-order valence-electron chi connectivity index (χ0n) is 15.6. The van der Waals surface area contributed by atoms with Crippen LogP contribution in [-0.2, 0) is 13.1 Å². The van der Waals surface area contributed by atoms with Crippen molar-refractivity contribution < 1.29 is 4.74 Å². The number of hydrogen-bond acceptors (Lipinski definition) is 8. The predicted octanol–water partition coefficient (Wildman–Crippen LogP) is 1.94. The van der Waals surface area contributed by atoms with Crippen LogP contribution in [-0.4, -0.2) is 45.4 Å². The van der Waals surface area contributed by atoms with E-state index in [4.69, 9.17) is 4.74 Å². The monoisotopic (exact) mass is 366 g/mol. The van der Waals surface area contributed by atoms with Gasteiger partial charge in [-0.05, 0) is 25.1 Å². The number of anilines is 3. The number of hydrogen-bond donors (Lipinski definition) is 3. The summed E-state index contributed by atoms with van der Waals surface area (Å²) in [5, 5.41) is 18.3. The molecule has 0 bridgehead atoms. The number of rotatable bonds is 5.